The Morgan fingerprint density at radius 2 is 1.53 bits per heavy atom. The van der Waals surface area contributed by atoms with Gasteiger partial charge in [0, 0.05) is 18.7 Å². The van der Waals surface area contributed by atoms with E-state index in [2.05, 4.69) is 10.1 Å². The second-order valence-corrected chi connectivity index (χ2v) is 9.01. The summed E-state index contributed by atoms with van der Waals surface area (Å²) < 4.78 is 108. The van der Waals surface area contributed by atoms with E-state index in [0.29, 0.717) is 12.1 Å². The highest BCUT2D eigenvalue weighted by molar-refractivity contribution is 7.89. The Bertz CT molecular complexity index is 1230. The lowest BCUT2D eigenvalue weighted by molar-refractivity contribution is -0.138. The van der Waals surface area contributed by atoms with Crippen molar-refractivity contribution < 1.29 is 39.3 Å². The van der Waals surface area contributed by atoms with Crippen molar-refractivity contribution in [3.05, 3.63) is 65.5 Å². The van der Waals surface area contributed by atoms with Crippen LogP contribution in [-0.4, -0.2) is 36.0 Å². The number of hydrogen-bond acceptors (Lipinski definition) is 5. The van der Waals surface area contributed by atoms with Gasteiger partial charge in [-0.25, -0.2) is 8.42 Å². The Balaban J connectivity index is 1.46. The SMILES string of the molecule is O=S(=O)(c1ccc(C(F)(F)F)cc1)N1CC(c2nc(-c3cccc(C(F)(F)F)c3)no2)C1. The lowest BCUT2D eigenvalue weighted by Crippen LogP contribution is -2.48. The van der Waals surface area contributed by atoms with Gasteiger partial charge < -0.3 is 4.52 Å². The number of sulfonamides is 1. The van der Waals surface area contributed by atoms with Gasteiger partial charge in [0.2, 0.25) is 21.7 Å². The summed E-state index contributed by atoms with van der Waals surface area (Å²) in [5.41, 5.74) is -1.76. The van der Waals surface area contributed by atoms with Crippen molar-refractivity contribution in [2.75, 3.05) is 13.1 Å². The number of alkyl halides is 6. The summed E-state index contributed by atoms with van der Waals surface area (Å²) in [5, 5.41) is 3.66. The van der Waals surface area contributed by atoms with E-state index in [4.69, 9.17) is 4.52 Å². The highest BCUT2D eigenvalue weighted by Crippen LogP contribution is 2.35. The van der Waals surface area contributed by atoms with E-state index < -0.39 is 39.4 Å². The van der Waals surface area contributed by atoms with E-state index in [-0.39, 0.29) is 35.3 Å². The summed E-state index contributed by atoms with van der Waals surface area (Å²) in [6, 6.07) is 7.49. The normalized spacial score (nSPS) is 16.2. The van der Waals surface area contributed by atoms with Crippen molar-refractivity contribution in [1.82, 2.24) is 14.4 Å². The molecular formula is C19H13F6N3O3S. The minimum absolute atomic E-state index is 0.0521. The average molecular weight is 477 g/mol. The first-order valence-electron chi connectivity index (χ1n) is 9.04. The predicted octanol–water partition coefficient (Wildman–Crippen LogP) is 4.56. The Hall–Kier alpha value is -2.93. The van der Waals surface area contributed by atoms with Crippen LogP contribution in [0.15, 0.2) is 57.9 Å². The molecule has 2 aromatic carbocycles. The fourth-order valence-corrected chi connectivity index (χ4v) is 4.64. The molecule has 13 heteroatoms. The molecule has 1 saturated heterocycles. The minimum Gasteiger partial charge on any atom is -0.339 e. The third-order valence-corrected chi connectivity index (χ3v) is 6.75. The van der Waals surface area contributed by atoms with Crippen LogP contribution in [0.4, 0.5) is 26.3 Å². The van der Waals surface area contributed by atoms with E-state index >= 15 is 0 Å². The van der Waals surface area contributed by atoms with Gasteiger partial charge in [-0.2, -0.15) is 35.6 Å². The Morgan fingerprint density at radius 3 is 2.12 bits per heavy atom. The van der Waals surface area contributed by atoms with Crippen molar-refractivity contribution in [3.63, 3.8) is 0 Å². The second-order valence-electron chi connectivity index (χ2n) is 7.08. The summed E-state index contributed by atoms with van der Waals surface area (Å²) in [7, 11) is -4.02. The summed E-state index contributed by atoms with van der Waals surface area (Å²) >= 11 is 0. The van der Waals surface area contributed by atoms with Crippen LogP contribution in [0.2, 0.25) is 0 Å². The molecule has 32 heavy (non-hydrogen) atoms. The molecule has 1 aliphatic rings. The topological polar surface area (TPSA) is 76.3 Å². The first kappa shape index (κ1) is 22.3. The fourth-order valence-electron chi connectivity index (χ4n) is 3.11. The smallest absolute Gasteiger partial charge is 0.339 e. The van der Waals surface area contributed by atoms with Crippen LogP contribution >= 0.6 is 0 Å². The van der Waals surface area contributed by atoms with Crippen LogP contribution in [0, 0.1) is 0 Å². The highest BCUT2D eigenvalue weighted by Gasteiger charge is 2.41. The second kappa shape index (κ2) is 7.59. The molecule has 1 fully saturated rings. The van der Waals surface area contributed by atoms with Crippen molar-refractivity contribution in [2.45, 2.75) is 23.2 Å². The lowest BCUT2D eigenvalue weighted by Gasteiger charge is -2.35. The number of rotatable bonds is 4. The number of benzene rings is 2. The van der Waals surface area contributed by atoms with Crippen LogP contribution in [0.1, 0.15) is 22.9 Å². The standard InChI is InChI=1S/C19H13F6N3O3S/c20-18(21,22)13-4-6-15(7-5-13)32(29,30)28-9-12(10-28)17-26-16(27-31-17)11-2-1-3-14(8-11)19(23,24)25/h1-8,12H,9-10H2. The van der Waals surface area contributed by atoms with E-state index in [9.17, 15) is 34.8 Å². The van der Waals surface area contributed by atoms with Crippen LogP contribution in [0.3, 0.4) is 0 Å². The molecule has 0 unspecified atom stereocenters. The van der Waals surface area contributed by atoms with Gasteiger partial charge in [0.1, 0.15) is 0 Å². The molecule has 0 N–H and O–H groups in total. The Kier molecular flexibility index (Phi) is 5.28. The average Bonchev–Trinajstić information content (AvgIpc) is 3.15. The number of hydrogen-bond donors (Lipinski definition) is 0. The third-order valence-electron chi connectivity index (χ3n) is 4.91. The van der Waals surface area contributed by atoms with Crippen molar-refractivity contribution in [1.29, 1.82) is 0 Å². The molecule has 0 atom stereocenters. The van der Waals surface area contributed by atoms with E-state index in [1.54, 1.807) is 0 Å². The zero-order valence-corrected chi connectivity index (χ0v) is 16.7. The maximum Gasteiger partial charge on any atom is 0.416 e. The first-order valence-corrected chi connectivity index (χ1v) is 10.5. The van der Waals surface area contributed by atoms with E-state index in [0.717, 1.165) is 28.6 Å². The lowest BCUT2D eigenvalue weighted by atomic mass is 10.0. The molecule has 4 rings (SSSR count). The van der Waals surface area contributed by atoms with Gasteiger partial charge >= 0.3 is 12.4 Å². The zero-order valence-electron chi connectivity index (χ0n) is 15.9. The molecular weight excluding hydrogens is 464 g/mol. The van der Waals surface area contributed by atoms with Crippen LogP contribution in [-0.2, 0) is 22.4 Å². The van der Waals surface area contributed by atoms with Gasteiger partial charge in [-0.3, -0.25) is 0 Å². The summed E-state index contributed by atoms with van der Waals surface area (Å²) in [6.07, 6.45) is -9.12. The van der Waals surface area contributed by atoms with Gasteiger partial charge in [-0.15, -0.1) is 0 Å². The molecule has 0 saturated carbocycles. The monoisotopic (exact) mass is 477 g/mol. The first-order chi connectivity index (χ1) is 14.9. The summed E-state index contributed by atoms with van der Waals surface area (Å²) in [5.74, 6) is -0.516. The molecule has 0 spiro atoms. The van der Waals surface area contributed by atoms with Crippen molar-refractivity contribution in [2.24, 2.45) is 0 Å². The quantitative estimate of drug-likeness (QED) is 0.515. The Labute approximate surface area is 177 Å². The van der Waals surface area contributed by atoms with Crippen molar-refractivity contribution >= 4 is 10.0 Å². The molecule has 1 aliphatic heterocycles. The van der Waals surface area contributed by atoms with E-state index in [1.165, 1.54) is 12.1 Å². The Morgan fingerprint density at radius 1 is 0.906 bits per heavy atom. The molecule has 1 aromatic heterocycles. The predicted molar refractivity (Wildman–Crippen MR) is 97.7 cm³/mol. The molecule has 170 valence electrons. The third kappa shape index (κ3) is 4.21. The molecule has 0 bridgehead atoms. The molecule has 0 amide bonds. The molecule has 0 radical (unpaired) electrons. The van der Waals surface area contributed by atoms with E-state index in [1.807, 2.05) is 0 Å². The zero-order chi connectivity index (χ0) is 23.3. The maximum atomic E-state index is 12.9. The molecule has 2 heterocycles. The van der Waals surface area contributed by atoms with Gasteiger partial charge in [0.05, 0.1) is 21.9 Å². The molecule has 0 aliphatic carbocycles. The van der Waals surface area contributed by atoms with Gasteiger partial charge in [0.15, 0.2) is 0 Å². The maximum absolute atomic E-state index is 12.9. The van der Waals surface area contributed by atoms with Gasteiger partial charge in [0.25, 0.3) is 0 Å². The molecule has 6 nitrogen and oxygen atoms in total. The molecule has 3 aromatic rings. The summed E-state index contributed by atoms with van der Waals surface area (Å²) in [4.78, 5) is 3.77. The van der Waals surface area contributed by atoms with Gasteiger partial charge in [-0.1, -0.05) is 17.3 Å². The van der Waals surface area contributed by atoms with Crippen molar-refractivity contribution in [3.8, 4) is 11.4 Å². The van der Waals surface area contributed by atoms with Crippen LogP contribution in [0.5, 0.6) is 0 Å². The largest absolute Gasteiger partial charge is 0.416 e. The van der Waals surface area contributed by atoms with Gasteiger partial charge in [-0.05, 0) is 36.4 Å². The number of aromatic nitrogens is 2. The number of halogens is 6. The summed E-state index contributed by atoms with van der Waals surface area (Å²) in [6.45, 7) is -0.124. The highest BCUT2D eigenvalue weighted by atomic mass is 32.2. The van der Waals surface area contributed by atoms with Crippen LogP contribution < -0.4 is 0 Å². The fraction of sp³-hybridized carbons (Fsp3) is 0.263. The minimum atomic E-state index is -4.58. The number of nitrogens with zero attached hydrogens (tertiary/aromatic N) is 3. The van der Waals surface area contributed by atoms with Crippen LogP contribution in [0.25, 0.3) is 11.4 Å².